The first-order chi connectivity index (χ1) is 19.8. The third kappa shape index (κ3) is 6.63. The van der Waals surface area contributed by atoms with Crippen molar-refractivity contribution in [1.29, 1.82) is 0 Å². The van der Waals surface area contributed by atoms with Gasteiger partial charge in [-0.1, -0.05) is 5.16 Å². The minimum atomic E-state index is -4.36. The molecule has 1 aromatic carbocycles. The molecular formula is C26H25F7N4O4S. The second-order valence-electron chi connectivity index (χ2n) is 10.4. The summed E-state index contributed by atoms with van der Waals surface area (Å²) in [4.78, 5) is 32.9. The number of benzene rings is 1. The summed E-state index contributed by atoms with van der Waals surface area (Å²) in [7, 11) is 0. The fraction of sp³-hybridized carbons (Fsp3) is 0.538. The van der Waals surface area contributed by atoms with E-state index in [2.05, 4.69) is 19.6 Å². The maximum absolute atomic E-state index is 14.7. The molecule has 1 aliphatic heterocycles. The highest BCUT2D eigenvalue weighted by Crippen LogP contribution is 2.44. The average Bonchev–Trinajstić information content (AvgIpc) is 3.57. The fourth-order valence-electron chi connectivity index (χ4n) is 5.31. The zero-order chi connectivity index (χ0) is 30.2. The number of aromatic nitrogens is 3. The van der Waals surface area contributed by atoms with Gasteiger partial charge in [-0.2, -0.15) is 26.3 Å². The molecule has 1 aliphatic carbocycles. The number of H-pyrrole nitrogens is 1. The molecule has 1 amide bonds. The number of likely N-dealkylation sites (tertiary alicyclic amines) is 1. The Morgan fingerprint density at radius 1 is 1.02 bits per heavy atom. The van der Waals surface area contributed by atoms with Gasteiger partial charge < -0.3 is 9.64 Å². The summed E-state index contributed by atoms with van der Waals surface area (Å²) in [5.41, 5.74) is -0.0865. The Kier molecular flexibility index (Phi) is 8.36. The minimum Gasteiger partial charge on any atom is -0.488 e. The number of ether oxygens (including phenoxy) is 1. The van der Waals surface area contributed by atoms with Gasteiger partial charge in [0.2, 0.25) is 0 Å². The number of amides is 1. The van der Waals surface area contributed by atoms with E-state index in [-0.39, 0.29) is 87.0 Å². The van der Waals surface area contributed by atoms with Crippen LogP contribution < -0.4 is 10.5 Å². The fourth-order valence-corrected chi connectivity index (χ4v) is 6.45. The maximum atomic E-state index is 14.7. The monoisotopic (exact) mass is 622 g/mol. The predicted molar refractivity (Wildman–Crippen MR) is 134 cm³/mol. The van der Waals surface area contributed by atoms with Crippen molar-refractivity contribution < 1.29 is 44.8 Å². The van der Waals surface area contributed by atoms with Gasteiger partial charge in [-0.05, 0) is 50.7 Å². The molecule has 3 aromatic rings. The number of piperidine rings is 1. The molecular weight excluding hydrogens is 597 g/mol. The molecule has 228 valence electrons. The first-order valence-corrected chi connectivity index (χ1v) is 14.0. The molecule has 1 saturated heterocycles. The van der Waals surface area contributed by atoms with Crippen molar-refractivity contribution in [2.75, 3.05) is 13.1 Å². The number of aromatic amines is 1. The van der Waals surface area contributed by atoms with Gasteiger partial charge >= 0.3 is 18.1 Å². The van der Waals surface area contributed by atoms with Gasteiger partial charge in [-0.15, -0.1) is 11.3 Å². The molecule has 3 heterocycles. The number of thiazole rings is 1. The van der Waals surface area contributed by atoms with Gasteiger partial charge in [0.1, 0.15) is 23.9 Å². The SMILES string of the molecule is O=C(c1nc(C2CCC(C(F)(F)F)CC2)sc1COc1ccc(-c2noc(=O)[nH]2)c(F)c1)N1CCC(C(F)(F)F)CC1. The summed E-state index contributed by atoms with van der Waals surface area (Å²) in [6.45, 7) is -0.484. The van der Waals surface area contributed by atoms with Crippen LogP contribution in [-0.2, 0) is 6.61 Å². The molecule has 2 aliphatic rings. The molecule has 0 unspecified atom stereocenters. The van der Waals surface area contributed by atoms with E-state index in [9.17, 15) is 40.3 Å². The molecule has 1 saturated carbocycles. The summed E-state index contributed by atoms with van der Waals surface area (Å²) >= 11 is 1.10. The molecule has 8 nitrogen and oxygen atoms in total. The predicted octanol–water partition coefficient (Wildman–Crippen LogP) is 6.46. The zero-order valence-corrected chi connectivity index (χ0v) is 22.7. The van der Waals surface area contributed by atoms with E-state index in [0.717, 1.165) is 17.4 Å². The van der Waals surface area contributed by atoms with Gasteiger partial charge in [0.15, 0.2) is 5.82 Å². The average molecular weight is 623 g/mol. The Balaban J connectivity index is 1.34. The van der Waals surface area contributed by atoms with E-state index < -0.39 is 41.7 Å². The third-order valence-electron chi connectivity index (χ3n) is 7.71. The molecule has 0 bridgehead atoms. The Morgan fingerprint density at radius 3 is 2.24 bits per heavy atom. The van der Waals surface area contributed by atoms with Gasteiger partial charge in [-0.3, -0.25) is 14.3 Å². The van der Waals surface area contributed by atoms with E-state index in [4.69, 9.17) is 4.74 Å². The second kappa shape index (κ2) is 11.7. The molecule has 0 atom stereocenters. The van der Waals surface area contributed by atoms with E-state index >= 15 is 0 Å². The Bertz CT molecular complexity index is 1470. The number of alkyl halides is 6. The molecule has 5 rings (SSSR count). The summed E-state index contributed by atoms with van der Waals surface area (Å²) in [5, 5.41) is 3.89. The molecule has 2 aromatic heterocycles. The number of rotatable bonds is 6. The lowest BCUT2D eigenvalue weighted by molar-refractivity contribution is -0.184. The van der Waals surface area contributed by atoms with Crippen molar-refractivity contribution >= 4 is 17.2 Å². The second-order valence-corrected chi connectivity index (χ2v) is 11.5. The van der Waals surface area contributed by atoms with Crippen LogP contribution >= 0.6 is 11.3 Å². The van der Waals surface area contributed by atoms with Gasteiger partial charge in [-0.25, -0.2) is 14.2 Å². The highest BCUT2D eigenvalue weighted by molar-refractivity contribution is 7.12. The molecule has 2 fully saturated rings. The van der Waals surface area contributed by atoms with E-state index in [1.807, 2.05) is 0 Å². The van der Waals surface area contributed by atoms with Crippen LogP contribution in [0.2, 0.25) is 0 Å². The summed E-state index contributed by atoms with van der Waals surface area (Å²) in [5.74, 6) is -5.52. The summed E-state index contributed by atoms with van der Waals surface area (Å²) < 4.78 is 104. The van der Waals surface area contributed by atoms with Gasteiger partial charge in [0.25, 0.3) is 5.91 Å². The van der Waals surface area contributed by atoms with Crippen molar-refractivity contribution in [3.8, 4) is 17.1 Å². The number of nitrogens with one attached hydrogen (secondary N) is 1. The topological polar surface area (TPSA) is 101 Å². The summed E-state index contributed by atoms with van der Waals surface area (Å²) in [6, 6.07) is 3.73. The highest BCUT2D eigenvalue weighted by Gasteiger charge is 2.43. The normalized spacial score (nSPS) is 20.6. The molecule has 16 heteroatoms. The van der Waals surface area contributed by atoms with Crippen molar-refractivity contribution in [3.05, 3.63) is 50.1 Å². The lowest BCUT2D eigenvalue weighted by atomic mass is 9.82. The van der Waals surface area contributed by atoms with Crippen molar-refractivity contribution in [3.63, 3.8) is 0 Å². The van der Waals surface area contributed by atoms with Crippen LogP contribution in [0.4, 0.5) is 30.7 Å². The number of hydrogen-bond acceptors (Lipinski definition) is 7. The van der Waals surface area contributed by atoms with Crippen LogP contribution in [0.3, 0.4) is 0 Å². The Labute approximate surface area is 237 Å². The number of hydrogen-bond donors (Lipinski definition) is 1. The number of halogens is 7. The zero-order valence-electron chi connectivity index (χ0n) is 21.9. The molecule has 0 spiro atoms. The van der Waals surface area contributed by atoms with Gasteiger partial charge in [0.05, 0.1) is 27.3 Å². The molecule has 42 heavy (non-hydrogen) atoms. The lowest BCUT2D eigenvalue weighted by Gasteiger charge is -2.32. The van der Waals surface area contributed by atoms with Crippen LogP contribution in [-0.4, -0.2) is 51.4 Å². The van der Waals surface area contributed by atoms with Crippen LogP contribution in [0.5, 0.6) is 5.75 Å². The highest BCUT2D eigenvalue weighted by atomic mass is 32.1. The standard InChI is InChI=1S/C26H25F7N4O4S/c27-18-11-16(5-6-17(18)21-35-24(39)41-36-21)40-12-19-20(23(38)37-9-7-15(8-10-37)26(31,32)33)34-22(42-19)13-1-3-14(4-2-13)25(28,29)30/h5-6,11,13-15H,1-4,7-10,12H2,(H,35,36,39). The van der Waals surface area contributed by atoms with Crippen molar-refractivity contribution in [1.82, 2.24) is 20.0 Å². The number of nitrogens with zero attached hydrogens (tertiary/aromatic N) is 3. The largest absolute Gasteiger partial charge is 0.488 e. The number of carbonyl (C=O) groups excluding carboxylic acids is 1. The Hall–Kier alpha value is -3.43. The van der Waals surface area contributed by atoms with Crippen molar-refractivity contribution in [2.45, 2.75) is 63.4 Å². The van der Waals surface area contributed by atoms with Crippen LogP contribution in [0, 0.1) is 17.7 Å². The van der Waals surface area contributed by atoms with Crippen molar-refractivity contribution in [2.24, 2.45) is 11.8 Å². The van der Waals surface area contributed by atoms with E-state index in [1.165, 1.54) is 17.0 Å². The molecule has 0 radical (unpaired) electrons. The van der Waals surface area contributed by atoms with E-state index in [0.29, 0.717) is 9.88 Å². The first-order valence-electron chi connectivity index (χ1n) is 13.2. The number of carbonyl (C=O) groups is 1. The van der Waals surface area contributed by atoms with E-state index in [1.54, 1.807) is 0 Å². The van der Waals surface area contributed by atoms with Crippen LogP contribution in [0.1, 0.15) is 64.8 Å². The quantitative estimate of drug-likeness (QED) is 0.317. The summed E-state index contributed by atoms with van der Waals surface area (Å²) in [6.07, 6.45) is -8.84. The minimum absolute atomic E-state index is 0.0318. The maximum Gasteiger partial charge on any atom is 0.439 e. The van der Waals surface area contributed by atoms with Crippen LogP contribution in [0.25, 0.3) is 11.4 Å². The third-order valence-corrected chi connectivity index (χ3v) is 8.90. The smallest absolute Gasteiger partial charge is 0.439 e. The Morgan fingerprint density at radius 2 is 1.67 bits per heavy atom. The lowest BCUT2D eigenvalue weighted by Crippen LogP contribution is -2.42. The molecule has 1 N–H and O–H groups in total. The first kappa shape index (κ1) is 30.0. The van der Waals surface area contributed by atoms with Crippen LogP contribution in [0.15, 0.2) is 27.5 Å². The van der Waals surface area contributed by atoms with Gasteiger partial charge in [0, 0.05) is 25.1 Å².